The van der Waals surface area contributed by atoms with Crippen LogP contribution in [0.3, 0.4) is 0 Å². The quantitative estimate of drug-likeness (QED) is 0.906. The zero-order valence-electron chi connectivity index (χ0n) is 11.9. The molecule has 0 aromatic heterocycles. The highest BCUT2D eigenvalue weighted by molar-refractivity contribution is 5.91. The first-order chi connectivity index (χ1) is 9.88. The van der Waals surface area contributed by atoms with E-state index in [9.17, 15) is 0 Å². The third-order valence-corrected chi connectivity index (χ3v) is 3.91. The minimum Gasteiger partial charge on any atom is -0.496 e. The van der Waals surface area contributed by atoms with Crippen LogP contribution in [0.4, 0.5) is 0 Å². The predicted molar refractivity (Wildman–Crippen MR) is 81.2 cm³/mol. The molecule has 106 valence electrons. The zero-order chi connectivity index (χ0) is 13.8. The van der Waals surface area contributed by atoms with Gasteiger partial charge in [0.1, 0.15) is 5.75 Å². The summed E-state index contributed by atoms with van der Waals surface area (Å²) in [6, 6.07) is 12.6. The molecule has 1 aliphatic heterocycles. The van der Waals surface area contributed by atoms with Crippen LogP contribution in [0.25, 0.3) is 10.8 Å². The van der Waals surface area contributed by atoms with Gasteiger partial charge < -0.3 is 14.8 Å². The van der Waals surface area contributed by atoms with Gasteiger partial charge in [0.05, 0.1) is 13.2 Å². The van der Waals surface area contributed by atoms with Gasteiger partial charge in [0.25, 0.3) is 0 Å². The molecule has 0 bridgehead atoms. The van der Waals surface area contributed by atoms with Gasteiger partial charge in [-0.3, -0.25) is 0 Å². The Kier molecular flexibility index (Phi) is 4.19. The van der Waals surface area contributed by atoms with E-state index < -0.39 is 0 Å². The molecular formula is C17H21NO2. The van der Waals surface area contributed by atoms with E-state index in [4.69, 9.17) is 9.47 Å². The smallest absolute Gasteiger partial charge is 0.126 e. The lowest BCUT2D eigenvalue weighted by molar-refractivity contribution is 0.110. The molecule has 1 heterocycles. The lowest BCUT2D eigenvalue weighted by Crippen LogP contribution is -2.25. The molecule has 1 saturated heterocycles. The van der Waals surface area contributed by atoms with E-state index in [-0.39, 0.29) is 0 Å². The summed E-state index contributed by atoms with van der Waals surface area (Å²) in [5.41, 5.74) is 1.30. The maximum atomic E-state index is 5.63. The Bertz CT molecular complexity index is 576. The normalized spacial score (nSPS) is 18.6. The Morgan fingerprint density at radius 1 is 1.20 bits per heavy atom. The van der Waals surface area contributed by atoms with Crippen molar-refractivity contribution in [2.45, 2.75) is 25.5 Å². The average Bonchev–Trinajstić information content (AvgIpc) is 3.01. The number of fused-ring (bicyclic) bond motifs is 1. The van der Waals surface area contributed by atoms with Crippen LogP contribution in [-0.4, -0.2) is 26.4 Å². The van der Waals surface area contributed by atoms with E-state index in [0.29, 0.717) is 6.10 Å². The lowest BCUT2D eigenvalue weighted by Gasteiger charge is -2.13. The van der Waals surface area contributed by atoms with E-state index in [2.05, 4.69) is 35.6 Å². The molecule has 1 fully saturated rings. The second-order valence-electron chi connectivity index (χ2n) is 5.24. The third-order valence-electron chi connectivity index (χ3n) is 3.91. The number of hydrogen-bond donors (Lipinski definition) is 1. The molecule has 1 aliphatic rings. The maximum Gasteiger partial charge on any atom is 0.126 e. The monoisotopic (exact) mass is 271 g/mol. The minimum absolute atomic E-state index is 0.388. The average molecular weight is 271 g/mol. The van der Waals surface area contributed by atoms with Crippen molar-refractivity contribution in [1.29, 1.82) is 0 Å². The Balaban J connectivity index is 1.74. The predicted octanol–water partition coefficient (Wildman–Crippen LogP) is 3.12. The fourth-order valence-corrected chi connectivity index (χ4v) is 2.84. The highest BCUT2D eigenvalue weighted by Crippen LogP contribution is 2.28. The summed E-state index contributed by atoms with van der Waals surface area (Å²) < 4.78 is 11.1. The van der Waals surface area contributed by atoms with Crippen LogP contribution in [0.15, 0.2) is 36.4 Å². The Morgan fingerprint density at radius 2 is 2.05 bits per heavy atom. The highest BCUT2D eigenvalue weighted by Gasteiger charge is 2.14. The van der Waals surface area contributed by atoms with Gasteiger partial charge in [-0.2, -0.15) is 0 Å². The summed E-state index contributed by atoms with van der Waals surface area (Å²) in [4.78, 5) is 0. The van der Waals surface area contributed by atoms with E-state index >= 15 is 0 Å². The largest absolute Gasteiger partial charge is 0.496 e. The second-order valence-corrected chi connectivity index (χ2v) is 5.24. The third kappa shape index (κ3) is 2.79. The van der Waals surface area contributed by atoms with Gasteiger partial charge in [-0.15, -0.1) is 0 Å². The molecule has 3 heteroatoms. The molecule has 0 amide bonds. The standard InChI is InChI=1S/C17H21NO2/c1-19-17-9-8-13(15-6-2-3-7-16(15)17)11-18-12-14-5-4-10-20-14/h2-3,6-9,14,18H,4-5,10-12H2,1H3. The summed E-state index contributed by atoms with van der Waals surface area (Å²) in [7, 11) is 1.72. The van der Waals surface area contributed by atoms with Crippen LogP contribution >= 0.6 is 0 Å². The van der Waals surface area contributed by atoms with Gasteiger partial charge in [0.2, 0.25) is 0 Å². The molecule has 0 spiro atoms. The van der Waals surface area contributed by atoms with Crippen LogP contribution in [0.5, 0.6) is 5.75 Å². The van der Waals surface area contributed by atoms with Crippen LogP contribution in [0.1, 0.15) is 18.4 Å². The summed E-state index contributed by atoms with van der Waals surface area (Å²) in [5.74, 6) is 0.934. The minimum atomic E-state index is 0.388. The van der Waals surface area contributed by atoms with Crippen molar-refractivity contribution in [3.63, 3.8) is 0 Å². The summed E-state index contributed by atoms with van der Waals surface area (Å²) in [6.07, 6.45) is 2.76. The number of benzene rings is 2. The molecule has 2 aromatic carbocycles. The second kappa shape index (κ2) is 6.25. The first-order valence-corrected chi connectivity index (χ1v) is 7.25. The number of ether oxygens (including phenoxy) is 2. The van der Waals surface area contributed by atoms with Crippen molar-refractivity contribution in [3.8, 4) is 5.75 Å². The molecule has 0 saturated carbocycles. The lowest BCUT2D eigenvalue weighted by atomic mass is 10.0. The molecule has 1 atom stereocenters. The van der Waals surface area contributed by atoms with Crippen molar-refractivity contribution < 1.29 is 9.47 Å². The number of rotatable bonds is 5. The van der Waals surface area contributed by atoms with E-state index in [1.165, 1.54) is 29.2 Å². The van der Waals surface area contributed by atoms with E-state index in [1.807, 2.05) is 6.07 Å². The fourth-order valence-electron chi connectivity index (χ4n) is 2.84. The van der Waals surface area contributed by atoms with E-state index in [1.54, 1.807) is 7.11 Å². The van der Waals surface area contributed by atoms with Gasteiger partial charge in [-0.05, 0) is 29.9 Å². The van der Waals surface area contributed by atoms with Crippen molar-refractivity contribution in [2.24, 2.45) is 0 Å². The number of hydrogen-bond acceptors (Lipinski definition) is 3. The fraction of sp³-hybridized carbons (Fsp3) is 0.412. The summed E-state index contributed by atoms with van der Waals surface area (Å²) >= 11 is 0. The number of nitrogens with one attached hydrogen (secondary N) is 1. The van der Waals surface area contributed by atoms with Gasteiger partial charge in [-0.1, -0.05) is 30.3 Å². The van der Waals surface area contributed by atoms with Crippen LogP contribution < -0.4 is 10.1 Å². The van der Waals surface area contributed by atoms with Crippen LogP contribution in [-0.2, 0) is 11.3 Å². The molecule has 1 N–H and O–H groups in total. The van der Waals surface area contributed by atoms with Gasteiger partial charge >= 0.3 is 0 Å². The van der Waals surface area contributed by atoms with Gasteiger partial charge in [0, 0.05) is 25.1 Å². The Hall–Kier alpha value is -1.58. The van der Waals surface area contributed by atoms with Gasteiger partial charge in [0.15, 0.2) is 0 Å². The first-order valence-electron chi connectivity index (χ1n) is 7.25. The highest BCUT2D eigenvalue weighted by atomic mass is 16.5. The number of methoxy groups -OCH3 is 1. The molecule has 0 aliphatic carbocycles. The van der Waals surface area contributed by atoms with Gasteiger partial charge in [-0.25, -0.2) is 0 Å². The molecule has 1 unspecified atom stereocenters. The van der Waals surface area contributed by atoms with Crippen molar-refractivity contribution in [2.75, 3.05) is 20.3 Å². The Morgan fingerprint density at radius 3 is 2.80 bits per heavy atom. The molecule has 20 heavy (non-hydrogen) atoms. The maximum absolute atomic E-state index is 5.63. The van der Waals surface area contributed by atoms with E-state index in [0.717, 1.165) is 25.4 Å². The topological polar surface area (TPSA) is 30.5 Å². The van der Waals surface area contributed by atoms with Crippen molar-refractivity contribution in [1.82, 2.24) is 5.32 Å². The molecule has 3 nitrogen and oxygen atoms in total. The first kappa shape index (κ1) is 13.4. The van der Waals surface area contributed by atoms with Crippen LogP contribution in [0, 0.1) is 0 Å². The molecule has 3 rings (SSSR count). The molecule has 2 aromatic rings. The Labute approximate surface area is 119 Å². The summed E-state index contributed by atoms with van der Waals surface area (Å²) in [6.45, 7) is 2.71. The summed E-state index contributed by atoms with van der Waals surface area (Å²) in [5, 5.41) is 5.94. The van der Waals surface area contributed by atoms with Crippen molar-refractivity contribution in [3.05, 3.63) is 42.0 Å². The zero-order valence-corrected chi connectivity index (χ0v) is 11.9. The molecular weight excluding hydrogens is 250 g/mol. The van der Waals surface area contributed by atoms with Crippen molar-refractivity contribution >= 4 is 10.8 Å². The SMILES string of the molecule is COc1ccc(CNCC2CCCO2)c2ccccc12. The molecule has 0 radical (unpaired) electrons. The van der Waals surface area contributed by atoms with Crippen LogP contribution in [0.2, 0.25) is 0 Å².